The number of halogens is 1. The molecule has 158 valence electrons. The number of benzene rings is 2. The van der Waals surface area contributed by atoms with E-state index in [2.05, 4.69) is 15.0 Å². The summed E-state index contributed by atoms with van der Waals surface area (Å²) in [6.07, 6.45) is 1.33. The van der Waals surface area contributed by atoms with Gasteiger partial charge < -0.3 is 10.1 Å². The molecule has 1 heterocycles. The number of esters is 1. The van der Waals surface area contributed by atoms with Gasteiger partial charge in [-0.2, -0.15) is 0 Å². The number of aliphatic imine (C=N–C) groups is 1. The Morgan fingerprint density at radius 1 is 1.13 bits per heavy atom. The monoisotopic (exact) mass is 449 g/mol. The summed E-state index contributed by atoms with van der Waals surface area (Å²) in [4.78, 5) is 28.1. The zero-order valence-corrected chi connectivity index (χ0v) is 17.5. The minimum Gasteiger partial charge on any atom is -0.455 e. The average molecular weight is 450 g/mol. The highest BCUT2D eigenvalue weighted by Gasteiger charge is 2.19. The number of carbonyl (C=O) groups excluding carboxylic acids is 2. The normalized spacial score (nSPS) is 13.4. The van der Waals surface area contributed by atoms with Crippen molar-refractivity contribution >= 4 is 45.0 Å². The van der Waals surface area contributed by atoms with E-state index >= 15 is 0 Å². The Kier molecular flexibility index (Phi) is 7.07. The maximum absolute atomic E-state index is 12.5. The van der Waals surface area contributed by atoms with Crippen molar-refractivity contribution in [1.29, 1.82) is 0 Å². The first-order valence-corrected chi connectivity index (χ1v) is 11.0. The van der Waals surface area contributed by atoms with E-state index in [-0.39, 0.29) is 17.0 Å². The first kappa shape index (κ1) is 21.8. The highest BCUT2D eigenvalue weighted by atomic mass is 35.5. The smallest absolute Gasteiger partial charge is 0.310 e. The average Bonchev–Trinajstić information content (AvgIpc) is 3.21. The van der Waals surface area contributed by atoms with E-state index in [4.69, 9.17) is 16.3 Å². The number of amidine groups is 1. The fourth-order valence-electron chi connectivity index (χ4n) is 2.77. The van der Waals surface area contributed by atoms with Crippen molar-refractivity contribution in [3.8, 4) is 0 Å². The van der Waals surface area contributed by atoms with E-state index in [9.17, 15) is 18.0 Å². The second-order valence-corrected chi connectivity index (χ2v) is 8.63. The molecule has 2 N–H and O–H groups in total. The molecule has 2 aromatic carbocycles. The van der Waals surface area contributed by atoms with Crippen molar-refractivity contribution in [2.24, 2.45) is 4.99 Å². The molecule has 3 rings (SSSR count). The van der Waals surface area contributed by atoms with Crippen LogP contribution < -0.4 is 10.0 Å². The van der Waals surface area contributed by atoms with Crippen LogP contribution in [-0.2, 0) is 30.8 Å². The standard InChI is InChI=1S/C20H20ClN3O5S/c21-17-8-2-1-5-14(17)11-20(26)29-13-19(25)23-15-6-3-7-16(12-15)30(27,28)24-18-9-4-10-22-18/h1-3,5-8,12H,4,9-11,13H2,(H,22,24)(H,23,25). The zero-order chi connectivity index (χ0) is 21.6. The molecule has 0 spiro atoms. The lowest BCUT2D eigenvalue weighted by Crippen LogP contribution is -2.29. The second-order valence-electron chi connectivity index (χ2n) is 6.54. The van der Waals surface area contributed by atoms with Crippen LogP contribution in [0.3, 0.4) is 0 Å². The number of rotatable bonds is 7. The van der Waals surface area contributed by atoms with Crippen LogP contribution >= 0.6 is 11.6 Å². The minimum atomic E-state index is -3.80. The number of nitrogens with one attached hydrogen (secondary N) is 2. The minimum absolute atomic E-state index is 0.00869. The van der Waals surface area contributed by atoms with Gasteiger partial charge in [-0.3, -0.25) is 19.3 Å². The molecule has 0 radical (unpaired) electrons. The predicted molar refractivity (Wildman–Crippen MR) is 113 cm³/mol. The Labute approximate surface area is 179 Å². The largest absolute Gasteiger partial charge is 0.455 e. The molecule has 0 unspecified atom stereocenters. The lowest BCUT2D eigenvalue weighted by atomic mass is 10.1. The van der Waals surface area contributed by atoms with Gasteiger partial charge >= 0.3 is 5.97 Å². The lowest BCUT2D eigenvalue weighted by Gasteiger charge is -2.10. The van der Waals surface area contributed by atoms with Crippen molar-refractivity contribution in [2.45, 2.75) is 24.2 Å². The molecule has 0 saturated heterocycles. The molecule has 0 bridgehead atoms. The zero-order valence-electron chi connectivity index (χ0n) is 15.9. The van der Waals surface area contributed by atoms with Crippen LogP contribution in [0.1, 0.15) is 18.4 Å². The van der Waals surface area contributed by atoms with Crippen LogP contribution in [0.4, 0.5) is 5.69 Å². The Hall–Kier alpha value is -2.91. The van der Waals surface area contributed by atoms with Crippen molar-refractivity contribution in [3.63, 3.8) is 0 Å². The number of carbonyl (C=O) groups is 2. The lowest BCUT2D eigenvalue weighted by molar-refractivity contribution is -0.146. The molecule has 8 nitrogen and oxygen atoms in total. The molecule has 0 fully saturated rings. The number of sulfonamides is 1. The van der Waals surface area contributed by atoms with Crippen molar-refractivity contribution in [2.75, 3.05) is 18.5 Å². The summed E-state index contributed by atoms with van der Waals surface area (Å²) in [7, 11) is -3.80. The summed E-state index contributed by atoms with van der Waals surface area (Å²) in [6, 6.07) is 12.6. The summed E-state index contributed by atoms with van der Waals surface area (Å²) in [5, 5.41) is 2.95. The topological polar surface area (TPSA) is 114 Å². The first-order chi connectivity index (χ1) is 14.3. The van der Waals surface area contributed by atoms with E-state index in [0.717, 1.165) is 6.42 Å². The van der Waals surface area contributed by atoms with Gasteiger partial charge in [0.25, 0.3) is 15.9 Å². The molecule has 1 aliphatic heterocycles. The third kappa shape index (κ3) is 6.04. The number of ether oxygens (including phenoxy) is 1. The van der Waals surface area contributed by atoms with Gasteiger partial charge in [0.05, 0.1) is 11.3 Å². The van der Waals surface area contributed by atoms with Gasteiger partial charge in [0.1, 0.15) is 5.84 Å². The molecular weight excluding hydrogens is 430 g/mol. The van der Waals surface area contributed by atoms with Crippen LogP contribution in [0.15, 0.2) is 58.4 Å². The van der Waals surface area contributed by atoms with Gasteiger partial charge in [-0.1, -0.05) is 35.9 Å². The highest BCUT2D eigenvalue weighted by Crippen LogP contribution is 2.17. The van der Waals surface area contributed by atoms with E-state index in [1.165, 1.54) is 24.3 Å². The molecule has 10 heteroatoms. The molecule has 1 amide bonds. The van der Waals surface area contributed by atoms with Crippen molar-refractivity contribution < 1.29 is 22.7 Å². The van der Waals surface area contributed by atoms with E-state index in [1.807, 2.05) is 0 Å². The number of nitrogens with zero attached hydrogens (tertiary/aromatic N) is 1. The highest BCUT2D eigenvalue weighted by molar-refractivity contribution is 7.90. The molecular formula is C20H20ClN3O5S. The Bertz CT molecular complexity index is 1090. The Balaban J connectivity index is 1.54. The first-order valence-electron chi connectivity index (χ1n) is 9.18. The number of hydrogen-bond acceptors (Lipinski definition) is 6. The van der Waals surface area contributed by atoms with Crippen LogP contribution in [0.25, 0.3) is 0 Å². The van der Waals surface area contributed by atoms with Crippen LogP contribution in [0.5, 0.6) is 0 Å². The molecule has 2 aromatic rings. The number of amides is 1. The van der Waals surface area contributed by atoms with Crippen LogP contribution in [0, 0.1) is 0 Å². The van der Waals surface area contributed by atoms with Gasteiger partial charge in [0, 0.05) is 23.7 Å². The summed E-state index contributed by atoms with van der Waals surface area (Å²) < 4.78 is 32.3. The van der Waals surface area contributed by atoms with Crippen LogP contribution in [-0.4, -0.2) is 39.3 Å². The molecule has 0 aromatic heterocycles. The SMILES string of the molecule is O=C(COC(=O)Cc1ccccc1Cl)Nc1cccc(S(=O)(=O)NC2=NCCC2)c1. The molecule has 1 aliphatic rings. The fourth-order valence-corrected chi connectivity index (χ4v) is 4.11. The molecule has 0 atom stereocenters. The summed E-state index contributed by atoms with van der Waals surface area (Å²) >= 11 is 5.99. The number of anilines is 1. The van der Waals surface area contributed by atoms with E-state index in [1.54, 1.807) is 24.3 Å². The van der Waals surface area contributed by atoms with Gasteiger partial charge in [-0.15, -0.1) is 0 Å². The summed E-state index contributed by atoms with van der Waals surface area (Å²) in [6.45, 7) is 0.0957. The van der Waals surface area contributed by atoms with Gasteiger partial charge in [0.2, 0.25) is 0 Å². The van der Waals surface area contributed by atoms with Gasteiger partial charge in [-0.05, 0) is 36.2 Å². The van der Waals surface area contributed by atoms with Crippen molar-refractivity contribution in [3.05, 3.63) is 59.1 Å². The number of hydrogen-bond donors (Lipinski definition) is 2. The van der Waals surface area contributed by atoms with E-state index in [0.29, 0.717) is 29.4 Å². The van der Waals surface area contributed by atoms with Gasteiger partial charge in [0.15, 0.2) is 6.61 Å². The second kappa shape index (κ2) is 9.73. The third-order valence-electron chi connectivity index (χ3n) is 4.21. The fraction of sp³-hybridized carbons (Fsp3) is 0.250. The third-order valence-corrected chi connectivity index (χ3v) is 5.96. The summed E-state index contributed by atoms with van der Waals surface area (Å²) in [5.74, 6) is -0.767. The van der Waals surface area contributed by atoms with Crippen LogP contribution in [0.2, 0.25) is 5.02 Å². The molecule has 0 aliphatic carbocycles. The van der Waals surface area contributed by atoms with Gasteiger partial charge in [-0.25, -0.2) is 8.42 Å². The maximum Gasteiger partial charge on any atom is 0.310 e. The quantitative estimate of drug-likeness (QED) is 0.630. The Morgan fingerprint density at radius 2 is 1.93 bits per heavy atom. The maximum atomic E-state index is 12.5. The van der Waals surface area contributed by atoms with Crippen molar-refractivity contribution in [1.82, 2.24) is 4.72 Å². The molecule has 30 heavy (non-hydrogen) atoms. The molecule has 0 saturated carbocycles. The summed E-state index contributed by atoms with van der Waals surface area (Å²) in [5.41, 5.74) is 0.861. The predicted octanol–water partition coefficient (Wildman–Crippen LogP) is 2.54. The van der Waals surface area contributed by atoms with E-state index < -0.39 is 28.5 Å². The Morgan fingerprint density at radius 3 is 2.67 bits per heavy atom.